The quantitative estimate of drug-likeness (QED) is 0.516. The molecule has 4 rings (SSSR count). The van der Waals surface area contributed by atoms with E-state index in [1.54, 1.807) is 0 Å². The number of piperidine rings is 2. The smallest absolute Gasteiger partial charge is 0.372 e. The lowest BCUT2D eigenvalue weighted by atomic mass is 9.77. The lowest BCUT2D eigenvalue weighted by Crippen LogP contribution is -2.64. The first-order valence-corrected chi connectivity index (χ1v) is 11.4. The number of rotatable bonds is 5. The summed E-state index contributed by atoms with van der Waals surface area (Å²) in [6.45, 7) is 1.48. The topological polar surface area (TPSA) is 50.4 Å². The maximum Gasteiger partial charge on any atom is 0.416 e. The van der Waals surface area contributed by atoms with E-state index in [0.717, 1.165) is 5.56 Å². The van der Waals surface area contributed by atoms with Crippen LogP contribution in [0.4, 0.5) is 26.3 Å². The fourth-order valence-corrected chi connectivity index (χ4v) is 4.90. The van der Waals surface area contributed by atoms with E-state index < -0.39 is 35.1 Å². The molecule has 0 bridgehead atoms. The fraction of sp³-hybridized carbons (Fsp3) is 0.480. The van der Waals surface area contributed by atoms with Crippen molar-refractivity contribution in [3.8, 4) is 0 Å². The standard InChI is InChI=1S/C25H26F6N2O2/c1-15(16-11-18(24(26,27)28)13-19(12-16)25(29,30)31)35-14-23(17-5-3-2-4-6-17)10-9-20-21(33-23)7-8-22(34)32-20/h2-6,11-13,15,20-21,33H,7-10,14H2,1H3,(H,32,34)/t15-,20+,21?,23-/m1/s1. The number of halogens is 6. The van der Waals surface area contributed by atoms with Crippen molar-refractivity contribution in [1.82, 2.24) is 10.6 Å². The molecule has 0 radical (unpaired) electrons. The van der Waals surface area contributed by atoms with Crippen LogP contribution in [0.15, 0.2) is 48.5 Å². The number of nitrogens with one attached hydrogen (secondary N) is 2. The van der Waals surface area contributed by atoms with Gasteiger partial charge in [0.1, 0.15) is 0 Å². The van der Waals surface area contributed by atoms with Crippen LogP contribution in [-0.2, 0) is 27.4 Å². The van der Waals surface area contributed by atoms with Gasteiger partial charge in [-0.2, -0.15) is 26.3 Å². The van der Waals surface area contributed by atoms with Crippen LogP contribution in [0.5, 0.6) is 0 Å². The third kappa shape index (κ3) is 5.64. The van der Waals surface area contributed by atoms with Gasteiger partial charge in [-0.25, -0.2) is 0 Å². The van der Waals surface area contributed by atoms with E-state index in [1.807, 2.05) is 30.3 Å². The summed E-state index contributed by atoms with van der Waals surface area (Å²) >= 11 is 0. The van der Waals surface area contributed by atoms with Gasteiger partial charge < -0.3 is 15.4 Å². The van der Waals surface area contributed by atoms with Crippen LogP contribution in [0.25, 0.3) is 0 Å². The van der Waals surface area contributed by atoms with Gasteiger partial charge in [0.2, 0.25) is 5.91 Å². The second-order valence-corrected chi connectivity index (χ2v) is 9.24. The summed E-state index contributed by atoms with van der Waals surface area (Å²) in [6, 6.07) is 10.9. The van der Waals surface area contributed by atoms with E-state index in [1.165, 1.54) is 6.92 Å². The predicted molar refractivity (Wildman–Crippen MR) is 116 cm³/mol. The normalized spacial score (nSPS) is 26.1. The zero-order valence-electron chi connectivity index (χ0n) is 19.0. The second-order valence-electron chi connectivity index (χ2n) is 9.24. The van der Waals surface area contributed by atoms with E-state index >= 15 is 0 Å². The molecule has 0 saturated carbocycles. The number of carbonyl (C=O) groups excluding carboxylic acids is 1. The zero-order chi connectivity index (χ0) is 25.4. The van der Waals surface area contributed by atoms with Crippen molar-refractivity contribution in [1.29, 1.82) is 0 Å². The Morgan fingerprint density at radius 1 is 0.971 bits per heavy atom. The predicted octanol–water partition coefficient (Wildman–Crippen LogP) is 5.73. The molecule has 1 amide bonds. The molecule has 10 heteroatoms. The van der Waals surface area contributed by atoms with E-state index in [4.69, 9.17) is 4.74 Å². The molecular formula is C25H26F6N2O2. The molecule has 0 spiro atoms. The van der Waals surface area contributed by atoms with Gasteiger partial charge in [-0.3, -0.25) is 4.79 Å². The number of fused-ring (bicyclic) bond motifs is 1. The van der Waals surface area contributed by atoms with E-state index in [0.29, 0.717) is 37.8 Å². The number of amides is 1. The Morgan fingerprint density at radius 2 is 1.60 bits per heavy atom. The highest BCUT2D eigenvalue weighted by Crippen LogP contribution is 2.40. The highest BCUT2D eigenvalue weighted by atomic mass is 19.4. The molecule has 0 aromatic heterocycles. The van der Waals surface area contributed by atoms with Gasteiger partial charge in [-0.1, -0.05) is 30.3 Å². The van der Waals surface area contributed by atoms with Gasteiger partial charge in [0, 0.05) is 18.5 Å². The van der Waals surface area contributed by atoms with Crippen LogP contribution in [0, 0.1) is 0 Å². The molecule has 35 heavy (non-hydrogen) atoms. The van der Waals surface area contributed by atoms with Crippen LogP contribution < -0.4 is 10.6 Å². The summed E-state index contributed by atoms with van der Waals surface area (Å²) in [5.74, 6) is -0.00449. The first kappa shape index (κ1) is 25.5. The third-order valence-electron chi connectivity index (χ3n) is 6.84. The lowest BCUT2D eigenvalue weighted by molar-refractivity contribution is -0.143. The van der Waals surface area contributed by atoms with E-state index in [9.17, 15) is 31.1 Å². The summed E-state index contributed by atoms with van der Waals surface area (Å²) in [5.41, 5.74) is -2.73. The number of hydrogen-bond donors (Lipinski definition) is 2. The monoisotopic (exact) mass is 500 g/mol. The minimum Gasteiger partial charge on any atom is -0.372 e. The van der Waals surface area contributed by atoms with Crippen molar-refractivity contribution in [3.05, 3.63) is 70.8 Å². The Morgan fingerprint density at radius 3 is 2.20 bits per heavy atom. The average Bonchev–Trinajstić information content (AvgIpc) is 2.81. The summed E-state index contributed by atoms with van der Waals surface area (Å²) in [7, 11) is 0. The Kier molecular flexibility index (Phi) is 6.89. The summed E-state index contributed by atoms with van der Waals surface area (Å²) in [5, 5.41) is 6.57. The van der Waals surface area contributed by atoms with Crippen molar-refractivity contribution < 1.29 is 35.9 Å². The molecular weight excluding hydrogens is 474 g/mol. The van der Waals surface area contributed by atoms with Gasteiger partial charge in [-0.15, -0.1) is 0 Å². The number of carbonyl (C=O) groups is 1. The Balaban J connectivity index is 1.60. The molecule has 2 fully saturated rings. The van der Waals surface area contributed by atoms with Crippen molar-refractivity contribution in [3.63, 3.8) is 0 Å². The largest absolute Gasteiger partial charge is 0.416 e. The molecule has 2 aliphatic heterocycles. The molecule has 2 heterocycles. The molecule has 4 atom stereocenters. The van der Waals surface area contributed by atoms with Crippen molar-refractivity contribution in [2.45, 2.75) is 68.7 Å². The summed E-state index contributed by atoms with van der Waals surface area (Å²) in [4.78, 5) is 11.8. The molecule has 190 valence electrons. The van der Waals surface area contributed by atoms with Gasteiger partial charge in [0.25, 0.3) is 0 Å². The van der Waals surface area contributed by atoms with Crippen LogP contribution >= 0.6 is 0 Å². The average molecular weight is 500 g/mol. The number of hydrogen-bond acceptors (Lipinski definition) is 3. The molecule has 2 saturated heterocycles. The third-order valence-corrected chi connectivity index (χ3v) is 6.84. The Labute approximate surface area is 199 Å². The SMILES string of the molecule is C[C@@H](OC[C@@]1(c2ccccc2)CC[C@@H]2NC(=O)CCC2N1)c1cc(C(F)(F)F)cc(C(F)(F)F)c1. The highest BCUT2D eigenvalue weighted by molar-refractivity contribution is 5.77. The number of benzene rings is 2. The van der Waals surface area contributed by atoms with Gasteiger partial charge >= 0.3 is 12.4 Å². The van der Waals surface area contributed by atoms with Gasteiger partial charge in [0.15, 0.2) is 0 Å². The fourth-order valence-electron chi connectivity index (χ4n) is 4.90. The van der Waals surface area contributed by atoms with Crippen LogP contribution in [-0.4, -0.2) is 24.6 Å². The van der Waals surface area contributed by atoms with Crippen LogP contribution in [0.3, 0.4) is 0 Å². The van der Waals surface area contributed by atoms with E-state index in [-0.39, 0.29) is 36.2 Å². The van der Waals surface area contributed by atoms with Crippen LogP contribution in [0.1, 0.15) is 61.0 Å². The van der Waals surface area contributed by atoms with Crippen LogP contribution in [0.2, 0.25) is 0 Å². The Bertz CT molecular complexity index is 1020. The first-order valence-electron chi connectivity index (χ1n) is 11.4. The maximum absolute atomic E-state index is 13.3. The molecule has 2 aromatic rings. The molecule has 0 aliphatic carbocycles. The molecule has 2 N–H and O–H groups in total. The number of ether oxygens (including phenoxy) is 1. The number of alkyl halides is 6. The summed E-state index contributed by atoms with van der Waals surface area (Å²) < 4.78 is 85.8. The highest BCUT2D eigenvalue weighted by Gasteiger charge is 2.44. The lowest BCUT2D eigenvalue weighted by Gasteiger charge is -2.48. The van der Waals surface area contributed by atoms with Gasteiger partial charge in [-0.05, 0) is 55.5 Å². The van der Waals surface area contributed by atoms with Crippen molar-refractivity contribution in [2.24, 2.45) is 0 Å². The minimum atomic E-state index is -4.92. The maximum atomic E-state index is 13.3. The van der Waals surface area contributed by atoms with Crippen molar-refractivity contribution in [2.75, 3.05) is 6.61 Å². The zero-order valence-corrected chi connectivity index (χ0v) is 19.0. The molecule has 2 aliphatic rings. The Hall–Kier alpha value is -2.59. The minimum absolute atomic E-state index is 0.00449. The summed E-state index contributed by atoms with van der Waals surface area (Å²) in [6.07, 6.45) is -8.63. The molecule has 4 nitrogen and oxygen atoms in total. The molecule has 2 aromatic carbocycles. The second kappa shape index (κ2) is 9.46. The van der Waals surface area contributed by atoms with E-state index in [2.05, 4.69) is 10.6 Å². The first-order chi connectivity index (χ1) is 16.4. The van der Waals surface area contributed by atoms with Crippen molar-refractivity contribution >= 4 is 5.91 Å². The molecule has 1 unspecified atom stereocenters. The van der Waals surface area contributed by atoms with Gasteiger partial charge in [0.05, 0.1) is 29.4 Å².